The Hall–Kier alpha value is -0.600. The lowest BCUT2D eigenvalue weighted by molar-refractivity contribution is -0.148. The molecule has 0 fully saturated rings. The van der Waals surface area contributed by atoms with Crippen LogP contribution in [-0.2, 0) is 9.53 Å². The molecule has 0 aliphatic heterocycles. The molecule has 12 heavy (non-hydrogen) atoms. The van der Waals surface area contributed by atoms with Gasteiger partial charge in [-0.25, -0.2) is 4.39 Å². The van der Waals surface area contributed by atoms with Crippen LogP contribution in [0.2, 0.25) is 0 Å². The van der Waals surface area contributed by atoms with E-state index in [1.165, 1.54) is 13.8 Å². The van der Waals surface area contributed by atoms with Crippen LogP contribution in [0, 0.1) is 0 Å². The van der Waals surface area contributed by atoms with Gasteiger partial charge >= 0.3 is 5.97 Å². The molecule has 0 aliphatic carbocycles. The summed E-state index contributed by atoms with van der Waals surface area (Å²) in [5.74, 6) is -0.323. The first-order valence-electron chi connectivity index (χ1n) is 4.19. The summed E-state index contributed by atoms with van der Waals surface area (Å²) in [6.07, 6.45) is 0.264. The van der Waals surface area contributed by atoms with E-state index in [9.17, 15) is 9.18 Å². The lowest BCUT2D eigenvalue weighted by atomic mass is 10.1. The number of rotatable bonds is 4. The zero-order valence-corrected chi connectivity index (χ0v) is 8.19. The first-order chi connectivity index (χ1) is 5.31. The maximum absolute atomic E-state index is 12.9. The molecule has 0 aliphatic rings. The van der Waals surface area contributed by atoms with E-state index in [-0.39, 0.29) is 24.9 Å². The number of ether oxygens (including phenoxy) is 1. The normalized spacial score (nSPS) is 11.8. The summed E-state index contributed by atoms with van der Waals surface area (Å²) in [6, 6.07) is 0. The van der Waals surface area contributed by atoms with Gasteiger partial charge in [0.25, 0.3) is 0 Å². The molecule has 0 aromatic rings. The fourth-order valence-corrected chi connectivity index (χ4v) is 0.721. The highest BCUT2D eigenvalue weighted by molar-refractivity contribution is 5.69. The van der Waals surface area contributed by atoms with Gasteiger partial charge in [-0.3, -0.25) is 4.79 Å². The van der Waals surface area contributed by atoms with E-state index in [0.29, 0.717) is 0 Å². The van der Waals surface area contributed by atoms with E-state index in [4.69, 9.17) is 4.74 Å². The Morgan fingerprint density at radius 3 is 2.33 bits per heavy atom. The standard InChI is InChI=1S/C9H17FO2/c1-7(2)12-8(11)5-6-9(3,4)10/h7H,5-6H2,1-4H3. The van der Waals surface area contributed by atoms with Crippen LogP contribution in [0.3, 0.4) is 0 Å². The van der Waals surface area contributed by atoms with Gasteiger partial charge in [0, 0.05) is 6.42 Å². The molecule has 0 bridgehead atoms. The van der Waals surface area contributed by atoms with Crippen LogP contribution < -0.4 is 0 Å². The van der Waals surface area contributed by atoms with Gasteiger partial charge in [0.05, 0.1) is 6.10 Å². The van der Waals surface area contributed by atoms with Crippen LogP contribution in [-0.4, -0.2) is 17.7 Å². The highest BCUT2D eigenvalue weighted by Crippen LogP contribution is 2.16. The van der Waals surface area contributed by atoms with Gasteiger partial charge < -0.3 is 4.74 Å². The molecule has 2 nitrogen and oxygen atoms in total. The Morgan fingerprint density at radius 2 is 2.00 bits per heavy atom. The molecule has 0 spiro atoms. The third kappa shape index (κ3) is 7.51. The monoisotopic (exact) mass is 176 g/mol. The summed E-state index contributed by atoms with van der Waals surface area (Å²) in [7, 11) is 0. The highest BCUT2D eigenvalue weighted by atomic mass is 19.1. The van der Waals surface area contributed by atoms with Crippen LogP contribution in [0.4, 0.5) is 4.39 Å². The van der Waals surface area contributed by atoms with E-state index in [0.717, 1.165) is 0 Å². The van der Waals surface area contributed by atoms with Crippen molar-refractivity contribution < 1.29 is 13.9 Å². The predicted molar refractivity (Wildman–Crippen MR) is 45.6 cm³/mol. The minimum atomic E-state index is -1.28. The number of carbonyl (C=O) groups excluding carboxylic acids is 1. The molecule has 0 aromatic carbocycles. The Balaban J connectivity index is 3.58. The van der Waals surface area contributed by atoms with Crippen LogP contribution in [0.25, 0.3) is 0 Å². The molecule has 0 saturated carbocycles. The van der Waals surface area contributed by atoms with Crippen molar-refractivity contribution in [2.45, 2.75) is 52.3 Å². The predicted octanol–water partition coefficient (Wildman–Crippen LogP) is 2.47. The lowest BCUT2D eigenvalue weighted by Gasteiger charge is -2.13. The van der Waals surface area contributed by atoms with Gasteiger partial charge in [0.2, 0.25) is 0 Å². The summed E-state index contributed by atoms with van der Waals surface area (Å²) < 4.78 is 17.7. The fourth-order valence-electron chi connectivity index (χ4n) is 0.721. The SMILES string of the molecule is CC(C)OC(=O)CCC(C)(C)F. The fraction of sp³-hybridized carbons (Fsp3) is 0.889. The van der Waals surface area contributed by atoms with E-state index in [2.05, 4.69) is 0 Å². The summed E-state index contributed by atoms with van der Waals surface area (Å²) >= 11 is 0. The van der Waals surface area contributed by atoms with Gasteiger partial charge in [-0.15, -0.1) is 0 Å². The van der Waals surface area contributed by atoms with Crippen molar-refractivity contribution in [1.82, 2.24) is 0 Å². The second-order valence-corrected chi connectivity index (χ2v) is 3.76. The first kappa shape index (κ1) is 11.4. The number of esters is 1. The number of hydrogen-bond acceptors (Lipinski definition) is 2. The average Bonchev–Trinajstić information content (AvgIpc) is 1.80. The molecule has 0 heterocycles. The highest BCUT2D eigenvalue weighted by Gasteiger charge is 2.18. The third-order valence-electron chi connectivity index (χ3n) is 1.29. The van der Waals surface area contributed by atoms with E-state index in [1.807, 2.05) is 0 Å². The Bertz CT molecular complexity index is 147. The Kier molecular flexibility index (Phi) is 4.21. The largest absolute Gasteiger partial charge is 0.463 e. The van der Waals surface area contributed by atoms with Crippen molar-refractivity contribution in [3.8, 4) is 0 Å². The van der Waals surface area contributed by atoms with Crippen molar-refractivity contribution in [1.29, 1.82) is 0 Å². The molecule has 0 saturated heterocycles. The van der Waals surface area contributed by atoms with Crippen molar-refractivity contribution in [3.05, 3.63) is 0 Å². The van der Waals surface area contributed by atoms with Gasteiger partial charge in [-0.2, -0.15) is 0 Å². The van der Waals surface area contributed by atoms with E-state index in [1.54, 1.807) is 13.8 Å². The molecule has 0 atom stereocenters. The summed E-state index contributed by atoms with van der Waals surface area (Å²) in [5.41, 5.74) is -1.28. The smallest absolute Gasteiger partial charge is 0.306 e. The molecule has 0 aromatic heterocycles. The molecule has 0 unspecified atom stereocenters. The molecule has 0 amide bonds. The van der Waals surface area contributed by atoms with Crippen LogP contribution in [0.1, 0.15) is 40.5 Å². The molecule has 0 rings (SSSR count). The quantitative estimate of drug-likeness (QED) is 0.615. The third-order valence-corrected chi connectivity index (χ3v) is 1.29. The van der Waals surface area contributed by atoms with Crippen molar-refractivity contribution in [2.24, 2.45) is 0 Å². The molecule has 72 valence electrons. The Morgan fingerprint density at radius 1 is 1.50 bits per heavy atom. The first-order valence-corrected chi connectivity index (χ1v) is 4.19. The van der Waals surface area contributed by atoms with Gasteiger partial charge in [-0.1, -0.05) is 0 Å². The van der Waals surface area contributed by atoms with E-state index < -0.39 is 5.67 Å². The van der Waals surface area contributed by atoms with Gasteiger partial charge in [0.1, 0.15) is 5.67 Å². The molecule has 3 heteroatoms. The molecule has 0 radical (unpaired) electrons. The Labute approximate surface area is 73.1 Å². The van der Waals surface area contributed by atoms with E-state index >= 15 is 0 Å². The molecular formula is C9H17FO2. The summed E-state index contributed by atoms with van der Waals surface area (Å²) in [5, 5.41) is 0. The molecule has 0 N–H and O–H groups in total. The minimum absolute atomic E-state index is 0.111. The molecular weight excluding hydrogens is 159 g/mol. The van der Waals surface area contributed by atoms with Crippen LogP contribution in [0.5, 0.6) is 0 Å². The van der Waals surface area contributed by atoms with Gasteiger partial charge in [-0.05, 0) is 34.1 Å². The maximum Gasteiger partial charge on any atom is 0.306 e. The lowest BCUT2D eigenvalue weighted by Crippen LogP contribution is -2.17. The van der Waals surface area contributed by atoms with Gasteiger partial charge in [0.15, 0.2) is 0 Å². The summed E-state index contributed by atoms with van der Waals surface area (Å²) in [4.78, 5) is 10.9. The van der Waals surface area contributed by atoms with Crippen molar-refractivity contribution >= 4 is 5.97 Å². The maximum atomic E-state index is 12.9. The second-order valence-electron chi connectivity index (χ2n) is 3.76. The number of alkyl halides is 1. The number of hydrogen-bond donors (Lipinski definition) is 0. The zero-order valence-electron chi connectivity index (χ0n) is 8.19. The summed E-state index contributed by atoms with van der Waals surface area (Å²) in [6.45, 7) is 6.46. The number of halogens is 1. The van der Waals surface area contributed by atoms with Crippen LogP contribution >= 0.6 is 0 Å². The number of carbonyl (C=O) groups is 1. The second kappa shape index (κ2) is 4.43. The van der Waals surface area contributed by atoms with Crippen LogP contribution in [0.15, 0.2) is 0 Å². The topological polar surface area (TPSA) is 26.3 Å². The minimum Gasteiger partial charge on any atom is -0.463 e. The van der Waals surface area contributed by atoms with Crippen molar-refractivity contribution in [3.63, 3.8) is 0 Å². The zero-order chi connectivity index (χ0) is 9.78. The van der Waals surface area contributed by atoms with Crippen molar-refractivity contribution in [2.75, 3.05) is 0 Å². The average molecular weight is 176 g/mol.